The van der Waals surface area contributed by atoms with E-state index in [9.17, 15) is 9.90 Å². The molecule has 0 spiro atoms. The Labute approximate surface area is 131 Å². The maximum atomic E-state index is 12.0. The number of ketones is 1. The Hall–Kier alpha value is -2.07. The zero-order valence-corrected chi connectivity index (χ0v) is 13.3. The first-order valence-corrected chi connectivity index (χ1v) is 7.39. The summed E-state index contributed by atoms with van der Waals surface area (Å²) >= 11 is 3.48. The van der Waals surface area contributed by atoms with Crippen LogP contribution in [0.3, 0.4) is 0 Å². The predicted octanol–water partition coefficient (Wildman–Crippen LogP) is 4.61. The van der Waals surface area contributed by atoms with Gasteiger partial charge in [-0.25, -0.2) is 0 Å². The quantitative estimate of drug-likeness (QED) is 0.690. The van der Waals surface area contributed by atoms with E-state index in [1.54, 1.807) is 19.1 Å². The minimum Gasteiger partial charge on any atom is -0.508 e. The van der Waals surface area contributed by atoms with Crippen molar-refractivity contribution in [3.63, 3.8) is 0 Å². The van der Waals surface area contributed by atoms with Gasteiger partial charge in [-0.2, -0.15) is 0 Å². The van der Waals surface area contributed by atoms with Crippen molar-refractivity contribution in [2.24, 2.45) is 0 Å². The van der Waals surface area contributed by atoms with Crippen molar-refractivity contribution in [3.8, 4) is 11.4 Å². The summed E-state index contributed by atoms with van der Waals surface area (Å²) in [5, 5.41) is 10.5. The summed E-state index contributed by atoms with van der Waals surface area (Å²) in [5.41, 5.74) is 3.42. The van der Waals surface area contributed by atoms with Crippen LogP contribution in [0.25, 0.3) is 16.6 Å². The molecule has 0 atom stereocenters. The van der Waals surface area contributed by atoms with Gasteiger partial charge in [-0.1, -0.05) is 22.0 Å². The SMILES string of the molecule is CC(=O)c1c(C)n(-c2cccc(Br)c2)c2ccc(O)cc12. The summed E-state index contributed by atoms with van der Waals surface area (Å²) in [6.07, 6.45) is 0. The second-order valence-corrected chi connectivity index (χ2v) is 5.95. The second kappa shape index (κ2) is 5.04. The van der Waals surface area contributed by atoms with Gasteiger partial charge in [0, 0.05) is 26.8 Å². The Bertz CT molecular complexity index is 865. The third-order valence-electron chi connectivity index (χ3n) is 3.61. The van der Waals surface area contributed by atoms with Crippen molar-refractivity contribution in [3.05, 3.63) is 58.2 Å². The fourth-order valence-corrected chi connectivity index (χ4v) is 3.19. The van der Waals surface area contributed by atoms with Crippen molar-refractivity contribution >= 4 is 32.6 Å². The average Bonchev–Trinajstić information content (AvgIpc) is 2.70. The molecule has 0 aliphatic carbocycles. The fraction of sp³-hybridized carbons (Fsp3) is 0.118. The molecule has 0 radical (unpaired) electrons. The molecule has 0 aliphatic rings. The summed E-state index contributed by atoms with van der Waals surface area (Å²) in [6.45, 7) is 3.48. The van der Waals surface area contributed by atoms with Gasteiger partial charge in [-0.15, -0.1) is 0 Å². The van der Waals surface area contributed by atoms with Crippen LogP contribution in [0, 0.1) is 6.92 Å². The number of hydrogen-bond acceptors (Lipinski definition) is 2. The highest BCUT2D eigenvalue weighted by atomic mass is 79.9. The largest absolute Gasteiger partial charge is 0.508 e. The lowest BCUT2D eigenvalue weighted by Crippen LogP contribution is -1.99. The number of hydrogen-bond donors (Lipinski definition) is 1. The van der Waals surface area contributed by atoms with E-state index in [0.29, 0.717) is 5.56 Å². The van der Waals surface area contributed by atoms with Crippen LogP contribution >= 0.6 is 15.9 Å². The first kappa shape index (κ1) is 13.9. The number of aromatic hydroxyl groups is 1. The zero-order valence-electron chi connectivity index (χ0n) is 11.7. The van der Waals surface area contributed by atoms with Crippen LogP contribution in [0.4, 0.5) is 0 Å². The molecule has 0 bridgehead atoms. The fourth-order valence-electron chi connectivity index (χ4n) is 2.80. The van der Waals surface area contributed by atoms with Crippen LogP contribution in [0.1, 0.15) is 23.0 Å². The number of phenolic OH excluding ortho intramolecular Hbond substituents is 1. The van der Waals surface area contributed by atoms with E-state index in [1.807, 2.05) is 41.8 Å². The number of fused-ring (bicyclic) bond motifs is 1. The smallest absolute Gasteiger partial charge is 0.162 e. The van der Waals surface area contributed by atoms with Gasteiger partial charge in [-0.05, 0) is 50.2 Å². The number of aromatic nitrogens is 1. The Morgan fingerprint density at radius 2 is 1.95 bits per heavy atom. The molecule has 0 amide bonds. The van der Waals surface area contributed by atoms with Gasteiger partial charge in [0.2, 0.25) is 0 Å². The van der Waals surface area contributed by atoms with Gasteiger partial charge in [0.1, 0.15) is 5.75 Å². The molecule has 3 nitrogen and oxygen atoms in total. The van der Waals surface area contributed by atoms with Gasteiger partial charge in [-0.3, -0.25) is 4.79 Å². The van der Waals surface area contributed by atoms with Crippen LogP contribution in [-0.4, -0.2) is 15.5 Å². The Morgan fingerprint density at radius 3 is 2.62 bits per heavy atom. The van der Waals surface area contributed by atoms with Crippen LogP contribution in [-0.2, 0) is 0 Å². The topological polar surface area (TPSA) is 42.2 Å². The Morgan fingerprint density at radius 1 is 1.19 bits per heavy atom. The number of benzene rings is 2. The van der Waals surface area contributed by atoms with E-state index in [2.05, 4.69) is 15.9 Å². The Kier molecular flexibility index (Phi) is 3.33. The highest BCUT2D eigenvalue weighted by molar-refractivity contribution is 9.10. The van der Waals surface area contributed by atoms with Crippen LogP contribution in [0.5, 0.6) is 5.75 Å². The summed E-state index contributed by atoms with van der Waals surface area (Å²) in [4.78, 5) is 12.0. The van der Waals surface area contributed by atoms with E-state index in [1.165, 1.54) is 0 Å². The van der Waals surface area contributed by atoms with Gasteiger partial charge in [0.25, 0.3) is 0 Å². The maximum absolute atomic E-state index is 12.0. The molecule has 1 N–H and O–H groups in total. The van der Waals surface area contributed by atoms with E-state index < -0.39 is 0 Å². The lowest BCUT2D eigenvalue weighted by molar-refractivity contribution is 0.101. The number of carbonyl (C=O) groups is 1. The highest BCUT2D eigenvalue weighted by Crippen LogP contribution is 2.32. The lowest BCUT2D eigenvalue weighted by atomic mass is 10.1. The first-order chi connectivity index (χ1) is 9.99. The van der Waals surface area contributed by atoms with Crippen molar-refractivity contribution in [2.45, 2.75) is 13.8 Å². The molecule has 21 heavy (non-hydrogen) atoms. The molecule has 0 unspecified atom stereocenters. The van der Waals surface area contributed by atoms with Crippen LogP contribution in [0.2, 0.25) is 0 Å². The number of halogens is 1. The first-order valence-electron chi connectivity index (χ1n) is 6.60. The number of phenols is 1. The number of carbonyl (C=O) groups excluding carboxylic acids is 1. The van der Waals surface area contributed by atoms with Gasteiger partial charge >= 0.3 is 0 Å². The van der Waals surface area contributed by atoms with Crippen LogP contribution in [0.15, 0.2) is 46.9 Å². The molecule has 1 heterocycles. The molecule has 2 aromatic carbocycles. The third kappa shape index (κ3) is 2.25. The molecule has 0 saturated heterocycles. The third-order valence-corrected chi connectivity index (χ3v) is 4.10. The second-order valence-electron chi connectivity index (χ2n) is 5.03. The highest BCUT2D eigenvalue weighted by Gasteiger charge is 2.18. The summed E-state index contributed by atoms with van der Waals surface area (Å²) < 4.78 is 3.01. The minimum absolute atomic E-state index is 0.00292. The Balaban J connectivity index is 2.43. The summed E-state index contributed by atoms with van der Waals surface area (Å²) in [6, 6.07) is 13.0. The van der Waals surface area contributed by atoms with E-state index in [-0.39, 0.29) is 11.5 Å². The minimum atomic E-state index is -0.00292. The molecule has 4 heteroatoms. The van der Waals surface area contributed by atoms with Gasteiger partial charge in [0.15, 0.2) is 5.78 Å². The molecule has 3 rings (SSSR count). The molecule has 1 aromatic heterocycles. The van der Waals surface area contributed by atoms with Crippen LogP contribution < -0.4 is 0 Å². The molecular formula is C17H14BrNO2. The molecular weight excluding hydrogens is 330 g/mol. The van der Waals surface area contributed by atoms with E-state index in [4.69, 9.17) is 0 Å². The number of rotatable bonds is 2. The normalized spacial score (nSPS) is 11.0. The maximum Gasteiger partial charge on any atom is 0.162 e. The molecule has 0 aliphatic heterocycles. The molecule has 0 fully saturated rings. The predicted molar refractivity (Wildman–Crippen MR) is 87.4 cm³/mol. The zero-order chi connectivity index (χ0) is 15.1. The average molecular weight is 344 g/mol. The number of Topliss-reactive ketones (excluding diaryl/α,β-unsaturated/α-hetero) is 1. The molecule has 0 saturated carbocycles. The van der Waals surface area contributed by atoms with Gasteiger partial charge < -0.3 is 9.67 Å². The lowest BCUT2D eigenvalue weighted by Gasteiger charge is -2.09. The van der Waals surface area contributed by atoms with Crippen molar-refractivity contribution in [1.29, 1.82) is 0 Å². The summed E-state index contributed by atoms with van der Waals surface area (Å²) in [5.74, 6) is 0.160. The molecule has 3 aromatic rings. The van der Waals surface area contributed by atoms with Crippen molar-refractivity contribution < 1.29 is 9.90 Å². The standard InChI is InChI=1S/C17H14BrNO2/c1-10-17(11(2)20)15-9-14(21)6-7-16(15)19(10)13-5-3-4-12(18)8-13/h3-9,21H,1-2H3. The monoisotopic (exact) mass is 343 g/mol. The molecule has 106 valence electrons. The van der Waals surface area contributed by atoms with Crippen molar-refractivity contribution in [1.82, 2.24) is 4.57 Å². The van der Waals surface area contributed by atoms with E-state index >= 15 is 0 Å². The van der Waals surface area contributed by atoms with Crippen molar-refractivity contribution in [2.75, 3.05) is 0 Å². The summed E-state index contributed by atoms with van der Waals surface area (Å²) in [7, 11) is 0. The number of nitrogens with zero attached hydrogens (tertiary/aromatic N) is 1. The van der Waals surface area contributed by atoms with E-state index in [0.717, 1.165) is 26.8 Å². The van der Waals surface area contributed by atoms with Gasteiger partial charge in [0.05, 0.1) is 5.52 Å².